The first kappa shape index (κ1) is 18.4. The van der Waals surface area contributed by atoms with E-state index in [-0.39, 0.29) is 0 Å². The molecule has 3 nitrogen and oxygen atoms in total. The predicted molar refractivity (Wildman–Crippen MR) is 52.6 cm³/mol. The Hall–Kier alpha value is -0.550. The van der Waals surface area contributed by atoms with Crippen molar-refractivity contribution in [3.63, 3.8) is 0 Å². The van der Waals surface area contributed by atoms with Gasteiger partial charge in [-0.2, -0.15) is 4.65 Å². The van der Waals surface area contributed by atoms with E-state index in [1.165, 1.54) is 19.6 Å². The van der Waals surface area contributed by atoms with Crippen molar-refractivity contribution in [3.05, 3.63) is 0 Å². The zero-order chi connectivity index (χ0) is 15.3. The van der Waals surface area contributed by atoms with Crippen molar-refractivity contribution < 1.29 is 49.3 Å². The number of fused-ring (bicyclic) bond motifs is 3. The molecule has 2 bridgehead atoms. The summed E-state index contributed by atoms with van der Waals surface area (Å²) < 4.78 is 78.4. The number of nitrogens with one attached hydrogen (secondary N) is 1. The van der Waals surface area contributed by atoms with Crippen LogP contribution in [0.15, 0.2) is 0 Å². The molecular formula is C6H14B2F8N2O. The van der Waals surface area contributed by atoms with E-state index in [0.29, 0.717) is 4.65 Å². The molecule has 19 heavy (non-hydrogen) atoms. The Kier molecular flexibility index (Phi) is 6.55. The number of quaternary nitrogens is 2. The van der Waals surface area contributed by atoms with Crippen LogP contribution in [0.3, 0.4) is 0 Å². The molecule has 3 fully saturated rings. The largest absolute Gasteiger partial charge is 0.673 e. The second-order valence-corrected chi connectivity index (χ2v) is 4.26. The molecule has 2 N–H and O–H groups in total. The molecule has 3 rings (SSSR count). The van der Waals surface area contributed by atoms with Crippen molar-refractivity contribution in [1.29, 1.82) is 0 Å². The Balaban J connectivity index is 0.000000283. The SMILES string of the molecule is F[B-](F)(F)F.F[B-](F)(F)F.O[N+]12CC[NH+](CC1)CC2. The van der Waals surface area contributed by atoms with Crippen molar-refractivity contribution in [2.24, 2.45) is 0 Å². The minimum absolute atomic E-state index is 0.365. The average molecular weight is 304 g/mol. The van der Waals surface area contributed by atoms with Gasteiger partial charge in [0, 0.05) is 0 Å². The zero-order valence-electron chi connectivity index (χ0n) is 9.82. The lowest BCUT2D eigenvalue weighted by atomic mass is 10.2. The number of piperazine rings is 3. The van der Waals surface area contributed by atoms with E-state index in [2.05, 4.69) is 0 Å². The Morgan fingerprint density at radius 1 is 0.684 bits per heavy atom. The van der Waals surface area contributed by atoms with Crippen LogP contribution in [0.5, 0.6) is 0 Å². The molecule has 3 aliphatic heterocycles. The van der Waals surface area contributed by atoms with Crippen molar-refractivity contribution in [1.82, 2.24) is 0 Å². The molecule has 0 unspecified atom stereocenters. The maximum atomic E-state index is 9.75. The van der Waals surface area contributed by atoms with Gasteiger partial charge in [0.2, 0.25) is 0 Å². The van der Waals surface area contributed by atoms with Crippen LogP contribution in [0.4, 0.5) is 34.5 Å². The van der Waals surface area contributed by atoms with Gasteiger partial charge in [0.25, 0.3) is 0 Å². The van der Waals surface area contributed by atoms with E-state index in [1.54, 1.807) is 4.90 Å². The van der Waals surface area contributed by atoms with E-state index < -0.39 is 14.5 Å². The topological polar surface area (TPSA) is 24.7 Å². The van der Waals surface area contributed by atoms with Crippen molar-refractivity contribution >= 4 is 14.5 Å². The third-order valence-corrected chi connectivity index (χ3v) is 2.64. The number of nitrogens with zero attached hydrogens (tertiary/aromatic N) is 1. The van der Waals surface area contributed by atoms with Crippen molar-refractivity contribution in [2.75, 3.05) is 39.3 Å². The average Bonchev–Trinajstić information content (AvgIpc) is 2.13. The van der Waals surface area contributed by atoms with Crippen LogP contribution in [0.25, 0.3) is 0 Å². The van der Waals surface area contributed by atoms with Gasteiger partial charge in [-0.3, -0.25) is 0 Å². The standard InChI is InChI=1S/C6H13N2O.2BF4/c9-8-4-1-7(2-5-8)3-6-8;2*2-1(3,4)5/h9H,1-6H2;;/q+1;2*-1/p+1. The highest BCUT2D eigenvalue weighted by molar-refractivity contribution is 6.50. The third-order valence-electron chi connectivity index (χ3n) is 2.64. The first-order valence-electron chi connectivity index (χ1n) is 5.46. The fourth-order valence-electron chi connectivity index (χ4n) is 1.81. The van der Waals surface area contributed by atoms with Gasteiger partial charge in [0.1, 0.15) is 19.6 Å². The van der Waals surface area contributed by atoms with E-state index >= 15 is 0 Å². The van der Waals surface area contributed by atoms with E-state index in [9.17, 15) is 39.7 Å². The maximum Gasteiger partial charge on any atom is 0.673 e. The molecule has 13 heteroatoms. The fraction of sp³-hybridized carbons (Fsp3) is 1.00. The Morgan fingerprint density at radius 3 is 1.00 bits per heavy atom. The highest BCUT2D eigenvalue weighted by atomic mass is 19.5. The highest BCUT2D eigenvalue weighted by Gasteiger charge is 2.40. The van der Waals surface area contributed by atoms with Crippen LogP contribution >= 0.6 is 0 Å². The number of hydrogen-bond donors (Lipinski definition) is 2. The smallest absolute Gasteiger partial charge is 0.418 e. The monoisotopic (exact) mass is 304 g/mol. The molecular weight excluding hydrogens is 290 g/mol. The molecule has 0 aromatic rings. The molecule has 0 radical (unpaired) electrons. The molecule has 0 aromatic carbocycles. The van der Waals surface area contributed by atoms with Crippen LogP contribution in [0, 0.1) is 0 Å². The Bertz CT molecular complexity index is 227. The summed E-state index contributed by atoms with van der Waals surface area (Å²) in [4.78, 5) is 1.68. The van der Waals surface area contributed by atoms with Crippen molar-refractivity contribution in [2.45, 2.75) is 0 Å². The van der Waals surface area contributed by atoms with Gasteiger partial charge in [0.05, 0.1) is 0 Å². The summed E-state index contributed by atoms with van der Waals surface area (Å²) in [7, 11) is -12.0. The molecule has 0 spiro atoms. The molecule has 116 valence electrons. The highest BCUT2D eigenvalue weighted by Crippen LogP contribution is 2.07. The van der Waals surface area contributed by atoms with Crippen molar-refractivity contribution in [3.8, 4) is 0 Å². The summed E-state index contributed by atoms with van der Waals surface area (Å²) in [5.74, 6) is 0. The summed E-state index contributed by atoms with van der Waals surface area (Å²) in [5, 5.41) is 9.64. The van der Waals surface area contributed by atoms with Gasteiger partial charge in [-0.05, 0) is 0 Å². The molecule has 0 saturated carbocycles. The van der Waals surface area contributed by atoms with Gasteiger partial charge in [-0.1, -0.05) is 0 Å². The molecule has 0 atom stereocenters. The number of hydrogen-bond acceptors (Lipinski definition) is 1. The van der Waals surface area contributed by atoms with Gasteiger partial charge in [0.15, 0.2) is 19.6 Å². The third kappa shape index (κ3) is 13.7. The Morgan fingerprint density at radius 2 is 0.895 bits per heavy atom. The van der Waals surface area contributed by atoms with E-state index in [1.807, 2.05) is 0 Å². The first-order valence-corrected chi connectivity index (χ1v) is 5.46. The van der Waals surface area contributed by atoms with Gasteiger partial charge in [-0.25, -0.2) is 5.21 Å². The second kappa shape index (κ2) is 6.75. The van der Waals surface area contributed by atoms with Gasteiger partial charge >= 0.3 is 14.5 Å². The number of rotatable bonds is 0. The molecule has 3 saturated heterocycles. The Labute approximate surface area is 104 Å². The normalized spacial score (nSPS) is 29.8. The van der Waals surface area contributed by atoms with Crippen LogP contribution in [-0.2, 0) is 0 Å². The summed E-state index contributed by atoms with van der Waals surface area (Å²) in [6, 6.07) is 0. The minimum atomic E-state index is -6.00. The summed E-state index contributed by atoms with van der Waals surface area (Å²) in [6.45, 7) is 6.48. The summed E-state index contributed by atoms with van der Waals surface area (Å²) >= 11 is 0. The van der Waals surface area contributed by atoms with Crippen LogP contribution in [0.1, 0.15) is 0 Å². The van der Waals surface area contributed by atoms with E-state index in [0.717, 1.165) is 19.6 Å². The summed E-state index contributed by atoms with van der Waals surface area (Å²) in [5.41, 5.74) is 0. The lowest BCUT2D eigenvalue weighted by Crippen LogP contribution is -3.19. The minimum Gasteiger partial charge on any atom is -0.418 e. The quantitative estimate of drug-likeness (QED) is 0.384. The van der Waals surface area contributed by atoms with Crippen LogP contribution < -0.4 is 4.90 Å². The number of hydroxylamine groups is 3. The van der Waals surface area contributed by atoms with E-state index in [4.69, 9.17) is 0 Å². The molecule has 0 amide bonds. The number of halogens is 8. The van der Waals surface area contributed by atoms with Crippen LogP contribution in [-0.4, -0.2) is 63.6 Å². The summed E-state index contributed by atoms with van der Waals surface area (Å²) in [6.07, 6.45) is 0. The lowest BCUT2D eigenvalue weighted by molar-refractivity contribution is -1.18. The molecule has 0 aliphatic carbocycles. The van der Waals surface area contributed by atoms with Crippen LogP contribution in [0.2, 0.25) is 0 Å². The zero-order valence-corrected chi connectivity index (χ0v) is 9.82. The predicted octanol–water partition coefficient (Wildman–Crippen LogP) is 0.705. The van der Waals surface area contributed by atoms with Gasteiger partial charge < -0.3 is 39.4 Å². The molecule has 3 aliphatic rings. The first-order chi connectivity index (χ1) is 8.29. The maximum absolute atomic E-state index is 9.75. The molecule has 0 aromatic heterocycles. The second-order valence-electron chi connectivity index (χ2n) is 4.26. The lowest BCUT2D eigenvalue weighted by Gasteiger charge is -2.41. The molecule has 3 heterocycles. The van der Waals surface area contributed by atoms with Gasteiger partial charge in [-0.15, -0.1) is 0 Å². The fourth-order valence-corrected chi connectivity index (χ4v) is 1.81.